The summed E-state index contributed by atoms with van der Waals surface area (Å²) in [4.78, 5) is 11.2. The molecule has 62 valence electrons. The molecule has 2 fully saturated rings. The van der Waals surface area contributed by atoms with Crippen LogP contribution < -0.4 is 5.32 Å². The van der Waals surface area contributed by atoms with Crippen molar-refractivity contribution in [2.24, 2.45) is 5.92 Å². The van der Waals surface area contributed by atoms with E-state index in [2.05, 4.69) is 5.32 Å². The van der Waals surface area contributed by atoms with E-state index in [4.69, 9.17) is 0 Å². The molecule has 1 aliphatic heterocycles. The van der Waals surface area contributed by atoms with Crippen LogP contribution in [0.15, 0.2) is 0 Å². The molecule has 1 heterocycles. The molecule has 0 aromatic rings. The van der Waals surface area contributed by atoms with Crippen LogP contribution in [0.2, 0.25) is 0 Å². The number of hydrogen-bond acceptors (Lipinski definition) is 2. The minimum absolute atomic E-state index is 0.0729. The van der Waals surface area contributed by atoms with Gasteiger partial charge in [-0.3, -0.25) is 4.79 Å². The van der Waals surface area contributed by atoms with Crippen molar-refractivity contribution in [3.05, 3.63) is 0 Å². The van der Waals surface area contributed by atoms with Crippen molar-refractivity contribution in [1.29, 1.82) is 0 Å². The maximum Gasteiger partial charge on any atom is 0.223 e. The molecule has 1 aliphatic carbocycles. The molecule has 0 spiro atoms. The van der Waals surface area contributed by atoms with Gasteiger partial charge in [-0.05, 0) is 26.2 Å². The van der Waals surface area contributed by atoms with Crippen molar-refractivity contribution in [1.82, 2.24) is 5.32 Å². The molecule has 2 N–H and O–H groups in total. The fourth-order valence-corrected chi connectivity index (χ4v) is 2.34. The van der Waals surface area contributed by atoms with Gasteiger partial charge >= 0.3 is 0 Å². The molecule has 3 atom stereocenters. The summed E-state index contributed by atoms with van der Waals surface area (Å²) in [5, 5.41) is 12.3. The molecule has 1 saturated heterocycles. The Kier molecular flexibility index (Phi) is 1.27. The SMILES string of the molecule is C[C@@]12C[C@@H](O)C[C@@H](C1)C(=O)N2. The van der Waals surface area contributed by atoms with Gasteiger partial charge in [-0.25, -0.2) is 0 Å². The second-order valence-corrected chi connectivity index (χ2v) is 4.04. The maximum absolute atomic E-state index is 11.2. The van der Waals surface area contributed by atoms with Gasteiger partial charge in [0.2, 0.25) is 5.91 Å². The Morgan fingerprint density at radius 1 is 1.64 bits per heavy atom. The van der Waals surface area contributed by atoms with E-state index in [1.54, 1.807) is 0 Å². The third kappa shape index (κ3) is 1.03. The molecule has 0 unspecified atom stereocenters. The summed E-state index contributed by atoms with van der Waals surface area (Å²) in [7, 11) is 0. The monoisotopic (exact) mass is 155 g/mol. The van der Waals surface area contributed by atoms with Crippen LogP contribution in [0, 0.1) is 5.92 Å². The van der Waals surface area contributed by atoms with Gasteiger partial charge in [0.15, 0.2) is 0 Å². The zero-order chi connectivity index (χ0) is 8.06. The van der Waals surface area contributed by atoms with Crippen LogP contribution in [0.1, 0.15) is 26.2 Å². The smallest absolute Gasteiger partial charge is 0.223 e. The number of hydrogen-bond donors (Lipinski definition) is 2. The van der Waals surface area contributed by atoms with Crippen molar-refractivity contribution >= 4 is 5.91 Å². The Morgan fingerprint density at radius 3 is 3.00 bits per heavy atom. The predicted octanol–water partition coefficient (Wildman–Crippen LogP) is 0.0359. The minimum atomic E-state index is -0.280. The van der Waals surface area contributed by atoms with E-state index in [1.807, 2.05) is 6.92 Å². The number of rotatable bonds is 0. The minimum Gasteiger partial charge on any atom is -0.393 e. The average Bonchev–Trinajstić information content (AvgIpc) is 2.01. The maximum atomic E-state index is 11.2. The highest BCUT2D eigenvalue weighted by molar-refractivity contribution is 5.82. The molecule has 2 aliphatic rings. The molecular formula is C8H13NO2. The lowest BCUT2D eigenvalue weighted by Crippen LogP contribution is -2.41. The van der Waals surface area contributed by atoms with Gasteiger partial charge in [-0.15, -0.1) is 0 Å². The molecule has 3 nitrogen and oxygen atoms in total. The molecule has 1 saturated carbocycles. The number of aliphatic hydroxyl groups excluding tert-OH is 1. The normalized spacial score (nSPS) is 49.1. The Hall–Kier alpha value is -0.570. The van der Waals surface area contributed by atoms with Crippen LogP contribution in [0.5, 0.6) is 0 Å². The number of carbonyl (C=O) groups is 1. The topological polar surface area (TPSA) is 49.3 Å². The zero-order valence-electron chi connectivity index (χ0n) is 6.63. The van der Waals surface area contributed by atoms with Crippen molar-refractivity contribution < 1.29 is 9.90 Å². The lowest BCUT2D eigenvalue weighted by molar-refractivity contribution is -0.123. The van der Waals surface area contributed by atoms with Crippen LogP contribution in [0.3, 0.4) is 0 Å². The second kappa shape index (κ2) is 1.97. The lowest BCUT2D eigenvalue weighted by atomic mass is 9.80. The van der Waals surface area contributed by atoms with Gasteiger partial charge in [-0.2, -0.15) is 0 Å². The Morgan fingerprint density at radius 2 is 2.36 bits per heavy atom. The van der Waals surface area contributed by atoms with Crippen LogP contribution in [-0.2, 0) is 4.79 Å². The van der Waals surface area contributed by atoms with E-state index in [0.29, 0.717) is 6.42 Å². The summed E-state index contributed by atoms with van der Waals surface area (Å²) in [6.07, 6.45) is 2.00. The van der Waals surface area contributed by atoms with E-state index in [-0.39, 0.29) is 23.5 Å². The van der Waals surface area contributed by atoms with Gasteiger partial charge in [0, 0.05) is 11.5 Å². The molecule has 1 amide bonds. The summed E-state index contributed by atoms with van der Waals surface area (Å²) < 4.78 is 0. The summed E-state index contributed by atoms with van der Waals surface area (Å²) in [6, 6.07) is 0. The highest BCUT2D eigenvalue weighted by Crippen LogP contribution is 2.37. The Labute approximate surface area is 65.8 Å². The van der Waals surface area contributed by atoms with Crippen LogP contribution >= 0.6 is 0 Å². The van der Waals surface area contributed by atoms with Gasteiger partial charge < -0.3 is 10.4 Å². The quantitative estimate of drug-likeness (QED) is 0.518. The van der Waals surface area contributed by atoms with Crippen LogP contribution in [0.4, 0.5) is 0 Å². The van der Waals surface area contributed by atoms with Gasteiger partial charge in [0.05, 0.1) is 6.10 Å². The van der Waals surface area contributed by atoms with E-state index in [1.165, 1.54) is 0 Å². The first-order chi connectivity index (χ1) is 5.09. The second-order valence-electron chi connectivity index (χ2n) is 4.04. The molecule has 0 radical (unpaired) electrons. The first-order valence-corrected chi connectivity index (χ1v) is 4.09. The third-order valence-corrected chi connectivity index (χ3v) is 2.74. The molecule has 11 heavy (non-hydrogen) atoms. The Bertz CT molecular complexity index is 204. The summed E-state index contributed by atoms with van der Waals surface area (Å²) in [5.41, 5.74) is -0.112. The fourth-order valence-electron chi connectivity index (χ4n) is 2.34. The van der Waals surface area contributed by atoms with Gasteiger partial charge in [-0.1, -0.05) is 0 Å². The van der Waals surface area contributed by atoms with Crippen LogP contribution in [0.25, 0.3) is 0 Å². The molecule has 2 rings (SSSR count). The average molecular weight is 155 g/mol. The summed E-state index contributed by atoms with van der Waals surface area (Å²) in [5.74, 6) is 0.202. The highest BCUT2D eigenvalue weighted by atomic mass is 16.3. The fraction of sp³-hybridized carbons (Fsp3) is 0.875. The number of nitrogens with one attached hydrogen (secondary N) is 1. The number of amides is 1. The van der Waals surface area contributed by atoms with Crippen molar-refractivity contribution in [3.8, 4) is 0 Å². The lowest BCUT2D eigenvalue weighted by Gasteiger charge is -2.30. The standard InChI is InChI=1S/C8H13NO2/c1-8-3-5(7(11)9-8)2-6(10)4-8/h5-6,10H,2-4H2,1H3,(H,9,11)/t5-,6-,8-/m0/s1. The first kappa shape index (κ1) is 7.10. The number of carbonyl (C=O) groups excluding carboxylic acids is 1. The van der Waals surface area contributed by atoms with E-state index >= 15 is 0 Å². The van der Waals surface area contributed by atoms with Crippen molar-refractivity contribution in [3.63, 3.8) is 0 Å². The summed E-state index contributed by atoms with van der Waals surface area (Å²) in [6.45, 7) is 2.01. The van der Waals surface area contributed by atoms with Crippen molar-refractivity contribution in [2.45, 2.75) is 37.8 Å². The van der Waals surface area contributed by atoms with E-state index in [0.717, 1.165) is 12.8 Å². The summed E-state index contributed by atoms with van der Waals surface area (Å²) >= 11 is 0. The largest absolute Gasteiger partial charge is 0.393 e. The van der Waals surface area contributed by atoms with Gasteiger partial charge in [0.1, 0.15) is 0 Å². The third-order valence-electron chi connectivity index (χ3n) is 2.74. The van der Waals surface area contributed by atoms with Gasteiger partial charge in [0.25, 0.3) is 0 Å². The van der Waals surface area contributed by atoms with E-state index < -0.39 is 0 Å². The highest BCUT2D eigenvalue weighted by Gasteiger charge is 2.46. The zero-order valence-corrected chi connectivity index (χ0v) is 6.63. The predicted molar refractivity (Wildman–Crippen MR) is 39.9 cm³/mol. The number of fused-ring (bicyclic) bond motifs is 2. The molecule has 0 aromatic heterocycles. The van der Waals surface area contributed by atoms with Crippen LogP contribution in [-0.4, -0.2) is 22.7 Å². The molecule has 0 aromatic carbocycles. The number of aliphatic hydroxyl groups is 1. The molecular weight excluding hydrogens is 142 g/mol. The first-order valence-electron chi connectivity index (χ1n) is 4.09. The Balaban J connectivity index is 2.23. The molecule has 3 heteroatoms. The van der Waals surface area contributed by atoms with Crippen molar-refractivity contribution in [2.75, 3.05) is 0 Å². The molecule has 2 bridgehead atoms. The van der Waals surface area contributed by atoms with E-state index in [9.17, 15) is 9.90 Å².